The lowest BCUT2D eigenvalue weighted by Crippen LogP contribution is -2.19. The van der Waals surface area contributed by atoms with E-state index in [0.717, 1.165) is 19.3 Å². The Morgan fingerprint density at radius 1 is 1.26 bits per heavy atom. The molecule has 3 rings (SSSR count). The van der Waals surface area contributed by atoms with Crippen molar-refractivity contribution in [3.8, 4) is 0 Å². The summed E-state index contributed by atoms with van der Waals surface area (Å²) >= 11 is 0. The van der Waals surface area contributed by atoms with E-state index in [1.54, 1.807) is 0 Å². The van der Waals surface area contributed by atoms with E-state index >= 15 is 0 Å². The van der Waals surface area contributed by atoms with Crippen LogP contribution < -0.4 is 11.3 Å². The molecule has 0 radical (unpaired) electrons. The van der Waals surface area contributed by atoms with Crippen molar-refractivity contribution in [3.63, 3.8) is 0 Å². The van der Waals surface area contributed by atoms with Gasteiger partial charge in [0.25, 0.3) is 11.5 Å². The molecule has 0 fully saturated rings. The summed E-state index contributed by atoms with van der Waals surface area (Å²) in [7, 11) is 0. The van der Waals surface area contributed by atoms with Gasteiger partial charge in [-0.25, -0.2) is 4.68 Å². The highest BCUT2D eigenvalue weighted by atomic mass is 16.2. The minimum Gasteiger partial charge on any atom is -0.325 e. The highest BCUT2D eigenvalue weighted by Crippen LogP contribution is 2.23. The number of carbonyl (C=O) groups is 1. The molecule has 0 saturated heterocycles. The molecule has 1 aliphatic carbocycles. The van der Waals surface area contributed by atoms with Crippen molar-refractivity contribution in [3.05, 3.63) is 57.0 Å². The fourth-order valence-electron chi connectivity index (χ4n) is 2.60. The fraction of sp³-hybridized carbons (Fsp3) is 0.286. The van der Waals surface area contributed by atoms with E-state index in [2.05, 4.69) is 5.10 Å². The first-order chi connectivity index (χ1) is 9.19. The first-order valence-electron chi connectivity index (χ1n) is 6.36. The van der Waals surface area contributed by atoms with Gasteiger partial charge < -0.3 is 5.73 Å². The number of benzene rings is 1. The molecular weight excluding hydrogens is 242 g/mol. The third-order valence-electron chi connectivity index (χ3n) is 3.56. The van der Waals surface area contributed by atoms with Crippen molar-refractivity contribution < 1.29 is 4.79 Å². The highest BCUT2D eigenvalue weighted by molar-refractivity contribution is 5.96. The molecule has 1 aliphatic rings. The molecule has 5 nitrogen and oxygen atoms in total. The first-order valence-corrected chi connectivity index (χ1v) is 6.36. The summed E-state index contributed by atoms with van der Waals surface area (Å²) in [5, 5.41) is 2.49. The first kappa shape index (κ1) is 11.9. The molecule has 1 heterocycles. The summed E-state index contributed by atoms with van der Waals surface area (Å²) in [5.41, 5.74) is 8.86. The normalized spacial score (nSPS) is 13.5. The highest BCUT2D eigenvalue weighted by Gasteiger charge is 2.17. The summed E-state index contributed by atoms with van der Waals surface area (Å²) in [5.74, 6) is -0.239. The molecule has 19 heavy (non-hydrogen) atoms. The molecule has 0 saturated carbocycles. The largest absolute Gasteiger partial charge is 0.325 e. The lowest BCUT2D eigenvalue weighted by molar-refractivity contribution is 0.0941. The number of fused-ring (bicyclic) bond motifs is 1. The van der Waals surface area contributed by atoms with E-state index < -0.39 is 0 Å². The van der Waals surface area contributed by atoms with Crippen LogP contribution in [0.3, 0.4) is 0 Å². The molecule has 0 aliphatic heterocycles. The van der Waals surface area contributed by atoms with E-state index in [-0.39, 0.29) is 18.0 Å². The lowest BCUT2D eigenvalue weighted by atomic mass is 10.1. The lowest BCUT2D eigenvalue weighted by Gasteiger charge is -2.07. The van der Waals surface area contributed by atoms with Gasteiger partial charge in [0.05, 0.1) is 5.69 Å². The second kappa shape index (κ2) is 4.51. The van der Waals surface area contributed by atoms with E-state index in [1.165, 1.54) is 21.9 Å². The number of H-pyrrole nitrogens is 1. The third-order valence-corrected chi connectivity index (χ3v) is 3.56. The number of carbonyl (C=O) groups excluding carboxylic acids is 1. The van der Waals surface area contributed by atoms with Crippen molar-refractivity contribution in [1.29, 1.82) is 0 Å². The Morgan fingerprint density at radius 2 is 2.05 bits per heavy atom. The second-order valence-corrected chi connectivity index (χ2v) is 4.79. The van der Waals surface area contributed by atoms with Crippen molar-refractivity contribution in [2.45, 2.75) is 25.8 Å². The van der Waals surface area contributed by atoms with E-state index in [9.17, 15) is 9.59 Å². The SMILES string of the molecule is NCc1cc(=O)[nH]n1C(=O)c1ccc2c(c1)CCC2. The Hall–Kier alpha value is -2.14. The number of nitrogens with zero attached hydrogens (tertiary/aromatic N) is 1. The van der Waals surface area contributed by atoms with Gasteiger partial charge in [0.1, 0.15) is 0 Å². The Morgan fingerprint density at radius 3 is 2.84 bits per heavy atom. The standard InChI is InChI=1S/C14H15N3O2/c15-8-12-7-13(18)16-17(12)14(19)11-5-4-9-2-1-3-10(9)6-11/h4-7H,1-3,8,15H2,(H,16,18). The van der Waals surface area contributed by atoms with Crippen LogP contribution >= 0.6 is 0 Å². The van der Waals surface area contributed by atoms with Crippen LogP contribution in [-0.4, -0.2) is 15.7 Å². The van der Waals surface area contributed by atoms with Gasteiger partial charge in [0.2, 0.25) is 0 Å². The molecule has 98 valence electrons. The summed E-state index contributed by atoms with van der Waals surface area (Å²) in [4.78, 5) is 23.7. The van der Waals surface area contributed by atoms with E-state index in [1.807, 2.05) is 18.2 Å². The second-order valence-electron chi connectivity index (χ2n) is 4.79. The zero-order chi connectivity index (χ0) is 13.4. The Labute approximate surface area is 110 Å². The van der Waals surface area contributed by atoms with Crippen LogP contribution in [0.4, 0.5) is 0 Å². The molecule has 3 N–H and O–H groups in total. The summed E-state index contributed by atoms with van der Waals surface area (Å²) in [6, 6.07) is 7.08. The molecule has 0 bridgehead atoms. The molecule has 2 aromatic rings. The van der Waals surface area contributed by atoms with E-state index in [0.29, 0.717) is 11.3 Å². The van der Waals surface area contributed by atoms with Crippen LogP contribution in [0.25, 0.3) is 0 Å². The van der Waals surface area contributed by atoms with Crippen LogP contribution in [0.1, 0.15) is 33.6 Å². The minimum absolute atomic E-state index is 0.148. The summed E-state index contributed by atoms with van der Waals surface area (Å²) in [6.45, 7) is 0.148. The number of nitrogens with two attached hydrogens (primary N) is 1. The molecule has 5 heteroatoms. The molecule has 0 atom stereocenters. The van der Waals surface area contributed by atoms with Gasteiger partial charge in [-0.05, 0) is 42.5 Å². The molecule has 0 unspecified atom stereocenters. The minimum atomic E-state index is -0.310. The predicted molar refractivity (Wildman–Crippen MR) is 71.1 cm³/mol. The van der Waals surface area contributed by atoms with Crippen molar-refractivity contribution in [1.82, 2.24) is 9.78 Å². The average molecular weight is 257 g/mol. The van der Waals surface area contributed by atoms with Gasteiger partial charge in [-0.2, -0.15) is 0 Å². The average Bonchev–Trinajstić information content (AvgIpc) is 3.02. The maximum Gasteiger partial charge on any atom is 0.276 e. The van der Waals surface area contributed by atoms with Crippen LogP contribution in [0, 0.1) is 0 Å². The number of hydrogen-bond donors (Lipinski definition) is 2. The molecule has 1 aromatic carbocycles. The third kappa shape index (κ3) is 2.02. The fourth-order valence-corrected chi connectivity index (χ4v) is 2.60. The Balaban J connectivity index is 2.02. The number of aromatic amines is 1. The number of aryl methyl sites for hydroxylation is 2. The Kier molecular flexibility index (Phi) is 2.83. The van der Waals surface area contributed by atoms with Crippen LogP contribution in [0.5, 0.6) is 0 Å². The van der Waals surface area contributed by atoms with Crippen molar-refractivity contribution in [2.24, 2.45) is 5.73 Å². The number of nitrogens with one attached hydrogen (secondary N) is 1. The molecule has 0 amide bonds. The maximum atomic E-state index is 12.4. The predicted octanol–water partition coefficient (Wildman–Crippen LogP) is 0.812. The smallest absolute Gasteiger partial charge is 0.276 e. The van der Waals surface area contributed by atoms with Crippen LogP contribution in [-0.2, 0) is 19.4 Å². The van der Waals surface area contributed by atoms with Crippen molar-refractivity contribution in [2.75, 3.05) is 0 Å². The van der Waals surface area contributed by atoms with Crippen molar-refractivity contribution >= 4 is 5.91 Å². The quantitative estimate of drug-likeness (QED) is 0.835. The monoisotopic (exact) mass is 257 g/mol. The van der Waals surface area contributed by atoms with Gasteiger partial charge in [0.15, 0.2) is 0 Å². The van der Waals surface area contributed by atoms with Gasteiger partial charge in [-0.1, -0.05) is 6.07 Å². The number of aromatic nitrogens is 2. The van der Waals surface area contributed by atoms with Gasteiger partial charge in [0, 0.05) is 18.2 Å². The zero-order valence-electron chi connectivity index (χ0n) is 10.5. The van der Waals surface area contributed by atoms with Crippen LogP contribution in [0.2, 0.25) is 0 Å². The summed E-state index contributed by atoms with van der Waals surface area (Å²) in [6.07, 6.45) is 3.24. The zero-order valence-corrected chi connectivity index (χ0v) is 10.5. The Bertz CT molecular complexity index is 697. The molecule has 1 aromatic heterocycles. The topological polar surface area (TPSA) is 80.9 Å². The van der Waals surface area contributed by atoms with Gasteiger partial charge in [-0.3, -0.25) is 14.7 Å². The number of hydrogen-bond acceptors (Lipinski definition) is 3. The van der Waals surface area contributed by atoms with Gasteiger partial charge >= 0.3 is 0 Å². The molecule has 0 spiro atoms. The number of rotatable bonds is 2. The van der Waals surface area contributed by atoms with E-state index in [4.69, 9.17) is 5.73 Å². The summed E-state index contributed by atoms with van der Waals surface area (Å²) < 4.78 is 1.24. The maximum absolute atomic E-state index is 12.4. The molecular formula is C14H15N3O2. The van der Waals surface area contributed by atoms with Gasteiger partial charge in [-0.15, -0.1) is 0 Å². The van der Waals surface area contributed by atoms with Crippen LogP contribution in [0.15, 0.2) is 29.1 Å².